The third-order valence-corrected chi connectivity index (χ3v) is 4.99. The third kappa shape index (κ3) is 3.93. The lowest BCUT2D eigenvalue weighted by atomic mass is 9.86. The van der Waals surface area contributed by atoms with Gasteiger partial charge in [0.25, 0.3) is 0 Å². The first-order valence-corrected chi connectivity index (χ1v) is 9.30. The summed E-state index contributed by atoms with van der Waals surface area (Å²) in [6.07, 6.45) is 4.84. The highest BCUT2D eigenvalue weighted by atomic mass is 35.5. The van der Waals surface area contributed by atoms with Crippen LogP contribution in [0.4, 0.5) is 0 Å². The maximum atomic E-state index is 12.8. The number of phenolic OH excluding ortho intramolecular Hbond substituents is 1. The fourth-order valence-corrected chi connectivity index (χ4v) is 3.21. The summed E-state index contributed by atoms with van der Waals surface area (Å²) in [7, 11) is 0. The molecule has 1 amide bonds. The van der Waals surface area contributed by atoms with E-state index in [2.05, 4.69) is 15.3 Å². The molecular formula is C21H23ClN4O2. The van der Waals surface area contributed by atoms with Crippen molar-refractivity contribution in [3.05, 3.63) is 65.1 Å². The lowest BCUT2D eigenvalue weighted by molar-refractivity contribution is -0.125. The van der Waals surface area contributed by atoms with Crippen LogP contribution in [0.5, 0.6) is 5.75 Å². The second kappa shape index (κ2) is 7.73. The van der Waals surface area contributed by atoms with Crippen molar-refractivity contribution >= 4 is 28.4 Å². The number of phenols is 1. The van der Waals surface area contributed by atoms with E-state index in [0.29, 0.717) is 27.1 Å². The molecule has 0 aliphatic rings. The maximum Gasteiger partial charge on any atom is 0.238 e. The molecule has 3 rings (SSSR count). The molecule has 2 unspecified atom stereocenters. The molecule has 0 radical (unpaired) electrons. The van der Waals surface area contributed by atoms with E-state index >= 15 is 0 Å². The van der Waals surface area contributed by atoms with Gasteiger partial charge in [0.15, 0.2) is 0 Å². The van der Waals surface area contributed by atoms with Gasteiger partial charge < -0.3 is 16.2 Å². The normalized spacial score (nSPS) is 13.9. The first-order chi connectivity index (χ1) is 13.2. The zero-order chi connectivity index (χ0) is 20.5. The van der Waals surface area contributed by atoms with Crippen molar-refractivity contribution in [2.45, 2.75) is 32.9 Å². The van der Waals surface area contributed by atoms with E-state index in [1.807, 2.05) is 26.8 Å². The summed E-state index contributed by atoms with van der Waals surface area (Å²) >= 11 is 6.43. The summed E-state index contributed by atoms with van der Waals surface area (Å²) in [6.45, 7) is 5.68. The van der Waals surface area contributed by atoms with Crippen molar-refractivity contribution in [1.82, 2.24) is 15.3 Å². The van der Waals surface area contributed by atoms with Crippen molar-refractivity contribution in [2.24, 2.45) is 11.1 Å². The van der Waals surface area contributed by atoms with Gasteiger partial charge in [-0.1, -0.05) is 38.4 Å². The number of carbonyl (C=O) groups is 1. The summed E-state index contributed by atoms with van der Waals surface area (Å²) < 4.78 is 0. The lowest BCUT2D eigenvalue weighted by Gasteiger charge is -2.29. The molecule has 6 nitrogen and oxygen atoms in total. The Balaban J connectivity index is 2.12. The Morgan fingerprint density at radius 2 is 1.96 bits per heavy atom. The summed E-state index contributed by atoms with van der Waals surface area (Å²) in [6, 6.07) is 7.33. The van der Waals surface area contributed by atoms with Crippen molar-refractivity contribution in [2.75, 3.05) is 0 Å². The van der Waals surface area contributed by atoms with Gasteiger partial charge in [0.2, 0.25) is 5.91 Å². The lowest BCUT2D eigenvalue weighted by Crippen LogP contribution is -2.49. The number of amides is 1. The Bertz CT molecular complexity index is 1000. The molecule has 4 N–H and O–H groups in total. The van der Waals surface area contributed by atoms with E-state index in [1.165, 1.54) is 0 Å². The molecule has 2 atom stereocenters. The Morgan fingerprint density at radius 3 is 2.61 bits per heavy atom. The predicted molar refractivity (Wildman–Crippen MR) is 110 cm³/mol. The first kappa shape index (κ1) is 20.0. The minimum Gasteiger partial charge on any atom is -0.505 e. The summed E-state index contributed by atoms with van der Waals surface area (Å²) in [5.74, 6) is -0.378. The van der Waals surface area contributed by atoms with Gasteiger partial charge >= 0.3 is 0 Å². The Kier molecular flexibility index (Phi) is 5.54. The van der Waals surface area contributed by atoms with Crippen LogP contribution in [0.3, 0.4) is 0 Å². The van der Waals surface area contributed by atoms with Crippen molar-refractivity contribution in [3.8, 4) is 5.75 Å². The molecule has 28 heavy (non-hydrogen) atoms. The molecule has 0 aliphatic carbocycles. The van der Waals surface area contributed by atoms with Crippen LogP contribution in [0.15, 0.2) is 48.9 Å². The van der Waals surface area contributed by atoms with Crippen LogP contribution in [0.1, 0.15) is 37.9 Å². The van der Waals surface area contributed by atoms with E-state index in [1.54, 1.807) is 42.9 Å². The van der Waals surface area contributed by atoms with E-state index in [4.69, 9.17) is 17.3 Å². The molecule has 0 bridgehead atoms. The molecule has 7 heteroatoms. The molecule has 0 aliphatic heterocycles. The predicted octanol–water partition coefficient (Wildman–Crippen LogP) is 3.57. The van der Waals surface area contributed by atoms with E-state index in [0.717, 1.165) is 0 Å². The SMILES string of the molecule is CC(C)(C)C(N)C(=O)NC(c1cccnc1)c1cc(Cl)c2cccnc2c1O. The standard InChI is InChI=1S/C21H23ClN4O2/c1-21(2,3)19(23)20(28)26-16(12-6-4-8-24-11-12)14-10-15(22)13-7-5-9-25-17(13)18(14)27/h4-11,16,19,27H,23H2,1-3H3,(H,26,28). The zero-order valence-electron chi connectivity index (χ0n) is 16.0. The van der Waals surface area contributed by atoms with Gasteiger partial charge in [0.1, 0.15) is 11.3 Å². The minimum absolute atomic E-state index is 0.0431. The van der Waals surface area contributed by atoms with Crippen LogP contribution in [0.2, 0.25) is 5.02 Å². The quantitative estimate of drug-likeness (QED) is 0.623. The number of hydrogen-bond donors (Lipinski definition) is 3. The van der Waals surface area contributed by atoms with Crippen molar-refractivity contribution in [3.63, 3.8) is 0 Å². The molecule has 0 spiro atoms. The average molecular weight is 399 g/mol. The molecule has 146 valence electrons. The Morgan fingerprint density at radius 1 is 1.25 bits per heavy atom. The largest absolute Gasteiger partial charge is 0.505 e. The van der Waals surface area contributed by atoms with Gasteiger partial charge in [0.05, 0.1) is 17.1 Å². The van der Waals surface area contributed by atoms with Gasteiger partial charge in [0, 0.05) is 29.5 Å². The van der Waals surface area contributed by atoms with E-state index in [-0.39, 0.29) is 11.7 Å². The molecule has 2 aromatic heterocycles. The van der Waals surface area contributed by atoms with Gasteiger partial charge in [-0.05, 0) is 35.2 Å². The number of nitrogens with two attached hydrogens (primary N) is 1. The number of pyridine rings is 2. The monoisotopic (exact) mass is 398 g/mol. The van der Waals surface area contributed by atoms with Gasteiger partial charge in [-0.25, -0.2) is 0 Å². The fraction of sp³-hybridized carbons (Fsp3) is 0.286. The number of aromatic hydroxyl groups is 1. The van der Waals surface area contributed by atoms with Crippen LogP contribution in [-0.4, -0.2) is 27.0 Å². The molecular weight excluding hydrogens is 376 g/mol. The molecule has 0 saturated heterocycles. The maximum absolute atomic E-state index is 12.8. The smallest absolute Gasteiger partial charge is 0.238 e. The highest BCUT2D eigenvalue weighted by Crippen LogP contribution is 2.38. The van der Waals surface area contributed by atoms with Gasteiger partial charge in [-0.2, -0.15) is 0 Å². The van der Waals surface area contributed by atoms with Crippen molar-refractivity contribution in [1.29, 1.82) is 0 Å². The van der Waals surface area contributed by atoms with Crippen LogP contribution in [0, 0.1) is 5.41 Å². The van der Waals surface area contributed by atoms with Gasteiger partial charge in [-0.15, -0.1) is 0 Å². The molecule has 1 aromatic carbocycles. The summed E-state index contributed by atoms with van der Waals surface area (Å²) in [5, 5.41) is 14.9. The number of nitrogens with zero attached hydrogens (tertiary/aromatic N) is 2. The zero-order valence-corrected chi connectivity index (χ0v) is 16.7. The second-order valence-corrected chi connectivity index (χ2v) is 8.17. The number of carbonyl (C=O) groups excluding carboxylic acids is 1. The topological polar surface area (TPSA) is 101 Å². The number of nitrogens with one attached hydrogen (secondary N) is 1. The Hall–Kier alpha value is -2.70. The summed E-state index contributed by atoms with van der Waals surface area (Å²) in [4.78, 5) is 21.2. The van der Waals surface area contributed by atoms with Crippen LogP contribution < -0.4 is 11.1 Å². The number of benzene rings is 1. The molecule has 0 fully saturated rings. The third-order valence-electron chi connectivity index (χ3n) is 4.68. The number of rotatable bonds is 4. The molecule has 2 heterocycles. The Labute approximate surface area is 168 Å². The van der Waals surface area contributed by atoms with Crippen LogP contribution >= 0.6 is 11.6 Å². The number of aromatic nitrogens is 2. The highest BCUT2D eigenvalue weighted by molar-refractivity contribution is 6.35. The fourth-order valence-electron chi connectivity index (χ4n) is 2.94. The second-order valence-electron chi connectivity index (χ2n) is 7.77. The van der Waals surface area contributed by atoms with E-state index < -0.39 is 17.5 Å². The highest BCUT2D eigenvalue weighted by Gasteiger charge is 2.31. The number of halogens is 1. The van der Waals surface area contributed by atoms with Gasteiger partial charge in [-0.3, -0.25) is 14.8 Å². The van der Waals surface area contributed by atoms with E-state index in [9.17, 15) is 9.90 Å². The minimum atomic E-state index is -0.733. The first-order valence-electron chi connectivity index (χ1n) is 8.92. The van der Waals surface area contributed by atoms with Crippen LogP contribution in [-0.2, 0) is 4.79 Å². The van der Waals surface area contributed by atoms with Crippen LogP contribution in [0.25, 0.3) is 10.9 Å². The number of fused-ring (bicyclic) bond motifs is 1. The summed E-state index contributed by atoms with van der Waals surface area (Å²) in [5.41, 5.74) is 7.20. The average Bonchev–Trinajstić information content (AvgIpc) is 2.68. The molecule has 0 saturated carbocycles. The molecule has 3 aromatic rings. The number of hydrogen-bond acceptors (Lipinski definition) is 5. The van der Waals surface area contributed by atoms with Crippen molar-refractivity contribution < 1.29 is 9.90 Å².